The van der Waals surface area contributed by atoms with Gasteiger partial charge in [-0.05, 0) is 37.1 Å². The highest BCUT2D eigenvalue weighted by Gasteiger charge is 2.27. The highest BCUT2D eigenvalue weighted by atomic mass is 79.9. The Kier molecular flexibility index (Phi) is 6.43. The molecular formula is C19H21BrN2O3S. The number of rotatable bonds is 5. The van der Waals surface area contributed by atoms with Gasteiger partial charge in [0.2, 0.25) is 0 Å². The third-order valence-corrected chi connectivity index (χ3v) is 5.98. The van der Waals surface area contributed by atoms with Crippen molar-refractivity contribution >= 4 is 39.1 Å². The van der Waals surface area contributed by atoms with Gasteiger partial charge < -0.3 is 9.64 Å². The molecule has 1 saturated carbocycles. The molecule has 7 heteroatoms. The molecule has 5 nitrogen and oxygen atoms in total. The van der Waals surface area contributed by atoms with E-state index in [2.05, 4.69) is 20.9 Å². The van der Waals surface area contributed by atoms with Crippen LogP contribution in [0.15, 0.2) is 34.1 Å². The van der Waals surface area contributed by atoms with Crippen molar-refractivity contribution in [2.45, 2.75) is 44.7 Å². The minimum absolute atomic E-state index is 0.0132. The van der Waals surface area contributed by atoms with E-state index in [1.165, 1.54) is 24.9 Å². The number of halogens is 1. The van der Waals surface area contributed by atoms with Crippen molar-refractivity contribution in [3.8, 4) is 0 Å². The number of benzene rings is 1. The second-order valence-corrected chi connectivity index (χ2v) is 8.21. The molecule has 0 atom stereocenters. The molecule has 0 bridgehead atoms. The number of carbonyl (C=O) groups is 2. The van der Waals surface area contributed by atoms with Crippen LogP contribution < -0.4 is 0 Å². The molecule has 138 valence electrons. The third-order valence-electron chi connectivity index (χ3n) is 4.62. The number of hydrogen-bond donors (Lipinski definition) is 0. The lowest BCUT2D eigenvalue weighted by Gasteiger charge is -2.34. The van der Waals surface area contributed by atoms with Gasteiger partial charge >= 0.3 is 5.97 Å². The molecule has 1 aromatic heterocycles. The molecule has 0 spiro atoms. The lowest BCUT2D eigenvalue weighted by Crippen LogP contribution is -2.41. The SMILES string of the molecule is COC(=O)c1csc(CN(C(=O)c2ccc(Br)cc2)C2CCCCC2)n1. The van der Waals surface area contributed by atoms with Crippen molar-refractivity contribution in [3.63, 3.8) is 0 Å². The minimum Gasteiger partial charge on any atom is -0.464 e. The second-order valence-electron chi connectivity index (χ2n) is 6.35. The monoisotopic (exact) mass is 436 g/mol. The first kappa shape index (κ1) is 19.0. The van der Waals surface area contributed by atoms with E-state index in [4.69, 9.17) is 4.74 Å². The summed E-state index contributed by atoms with van der Waals surface area (Å²) in [6, 6.07) is 7.65. The Bertz CT molecular complexity index is 769. The number of ether oxygens (including phenoxy) is 1. The van der Waals surface area contributed by atoms with Gasteiger partial charge in [0.15, 0.2) is 5.69 Å². The maximum Gasteiger partial charge on any atom is 0.357 e. The van der Waals surface area contributed by atoms with Crippen LogP contribution >= 0.6 is 27.3 Å². The van der Waals surface area contributed by atoms with Crippen molar-refractivity contribution in [2.24, 2.45) is 0 Å². The average molecular weight is 437 g/mol. The summed E-state index contributed by atoms with van der Waals surface area (Å²) in [6.07, 6.45) is 5.52. The summed E-state index contributed by atoms with van der Waals surface area (Å²) in [5.41, 5.74) is 0.968. The molecule has 1 fully saturated rings. The van der Waals surface area contributed by atoms with Crippen LogP contribution in [-0.2, 0) is 11.3 Å². The largest absolute Gasteiger partial charge is 0.464 e. The van der Waals surface area contributed by atoms with Crippen LogP contribution in [0, 0.1) is 0 Å². The molecule has 0 N–H and O–H groups in total. The predicted octanol–water partition coefficient (Wildman–Crippen LogP) is 4.67. The number of amides is 1. The highest BCUT2D eigenvalue weighted by molar-refractivity contribution is 9.10. The first-order chi connectivity index (χ1) is 12.6. The van der Waals surface area contributed by atoms with Gasteiger partial charge in [0.1, 0.15) is 5.01 Å². The molecule has 0 aliphatic heterocycles. The Morgan fingerprint density at radius 3 is 2.58 bits per heavy atom. The maximum atomic E-state index is 13.2. The van der Waals surface area contributed by atoms with E-state index in [1.807, 2.05) is 29.2 Å². The van der Waals surface area contributed by atoms with Crippen LogP contribution in [-0.4, -0.2) is 34.9 Å². The molecule has 0 unspecified atom stereocenters. The predicted molar refractivity (Wildman–Crippen MR) is 104 cm³/mol. The molecule has 0 radical (unpaired) electrons. The Morgan fingerprint density at radius 1 is 1.23 bits per heavy atom. The van der Waals surface area contributed by atoms with Crippen LogP contribution in [0.2, 0.25) is 0 Å². The zero-order valence-corrected chi connectivity index (χ0v) is 17.0. The fourth-order valence-corrected chi connectivity index (χ4v) is 4.27. The molecule has 3 rings (SSSR count). The normalized spacial score (nSPS) is 14.8. The van der Waals surface area contributed by atoms with Crippen molar-refractivity contribution in [3.05, 3.63) is 50.4 Å². The van der Waals surface area contributed by atoms with E-state index < -0.39 is 5.97 Å². The number of carbonyl (C=O) groups excluding carboxylic acids is 2. The van der Waals surface area contributed by atoms with Crippen LogP contribution in [0.1, 0.15) is 58.0 Å². The molecule has 0 saturated heterocycles. The van der Waals surface area contributed by atoms with Gasteiger partial charge in [-0.2, -0.15) is 0 Å². The topological polar surface area (TPSA) is 59.5 Å². The Hall–Kier alpha value is -1.73. The summed E-state index contributed by atoms with van der Waals surface area (Å²) in [5.74, 6) is -0.435. The van der Waals surface area contributed by atoms with Gasteiger partial charge in [0.05, 0.1) is 13.7 Å². The van der Waals surface area contributed by atoms with Crippen LogP contribution in [0.25, 0.3) is 0 Å². The van der Waals surface area contributed by atoms with Crippen molar-refractivity contribution in [1.82, 2.24) is 9.88 Å². The van der Waals surface area contributed by atoms with Crippen LogP contribution in [0.4, 0.5) is 0 Å². The van der Waals surface area contributed by atoms with E-state index in [9.17, 15) is 9.59 Å². The summed E-state index contributed by atoms with van der Waals surface area (Å²) < 4.78 is 5.66. The van der Waals surface area contributed by atoms with Gasteiger partial charge in [-0.3, -0.25) is 4.79 Å². The van der Waals surface area contributed by atoms with Gasteiger partial charge in [0.25, 0.3) is 5.91 Å². The molecule has 1 heterocycles. The first-order valence-corrected chi connectivity index (χ1v) is 10.3. The number of esters is 1. The van der Waals surface area contributed by atoms with Gasteiger partial charge in [-0.15, -0.1) is 11.3 Å². The van der Waals surface area contributed by atoms with E-state index >= 15 is 0 Å². The number of nitrogens with zero attached hydrogens (tertiary/aromatic N) is 2. The van der Waals surface area contributed by atoms with Crippen molar-refractivity contribution < 1.29 is 14.3 Å². The van der Waals surface area contributed by atoms with Crippen LogP contribution in [0.5, 0.6) is 0 Å². The van der Waals surface area contributed by atoms with Gasteiger partial charge in [-0.1, -0.05) is 35.2 Å². The number of thiazole rings is 1. The van der Waals surface area contributed by atoms with Crippen LogP contribution in [0.3, 0.4) is 0 Å². The fraction of sp³-hybridized carbons (Fsp3) is 0.421. The molecule has 2 aromatic rings. The van der Waals surface area contributed by atoms with E-state index in [0.717, 1.165) is 35.2 Å². The molecule has 26 heavy (non-hydrogen) atoms. The second kappa shape index (κ2) is 8.77. The summed E-state index contributed by atoms with van der Waals surface area (Å²) in [7, 11) is 1.34. The summed E-state index contributed by atoms with van der Waals surface area (Å²) in [6.45, 7) is 0.418. The van der Waals surface area contributed by atoms with E-state index in [0.29, 0.717) is 17.8 Å². The Morgan fingerprint density at radius 2 is 1.92 bits per heavy atom. The summed E-state index contributed by atoms with van der Waals surface area (Å²) in [4.78, 5) is 31.1. The molecular weight excluding hydrogens is 416 g/mol. The first-order valence-electron chi connectivity index (χ1n) is 8.67. The highest BCUT2D eigenvalue weighted by Crippen LogP contribution is 2.27. The van der Waals surface area contributed by atoms with E-state index in [-0.39, 0.29) is 11.9 Å². The molecule has 1 amide bonds. The van der Waals surface area contributed by atoms with Crippen molar-refractivity contribution in [2.75, 3.05) is 7.11 Å². The maximum absolute atomic E-state index is 13.2. The summed E-state index contributed by atoms with van der Waals surface area (Å²) >= 11 is 4.80. The Balaban J connectivity index is 1.83. The quantitative estimate of drug-likeness (QED) is 0.638. The number of methoxy groups -OCH3 is 1. The molecule has 1 aromatic carbocycles. The van der Waals surface area contributed by atoms with E-state index in [1.54, 1.807) is 5.38 Å². The third kappa shape index (κ3) is 4.51. The van der Waals surface area contributed by atoms with Crippen molar-refractivity contribution in [1.29, 1.82) is 0 Å². The van der Waals surface area contributed by atoms with Gasteiger partial charge in [0, 0.05) is 21.5 Å². The fourth-order valence-electron chi connectivity index (χ4n) is 3.25. The number of aromatic nitrogens is 1. The smallest absolute Gasteiger partial charge is 0.357 e. The minimum atomic E-state index is -0.448. The lowest BCUT2D eigenvalue weighted by atomic mass is 9.93. The number of hydrogen-bond acceptors (Lipinski definition) is 5. The summed E-state index contributed by atoms with van der Waals surface area (Å²) in [5, 5.41) is 2.44. The zero-order valence-electron chi connectivity index (χ0n) is 14.6. The lowest BCUT2D eigenvalue weighted by molar-refractivity contribution is 0.0594. The zero-order chi connectivity index (χ0) is 18.5. The Labute approximate surface area is 165 Å². The molecule has 1 aliphatic rings. The van der Waals surface area contributed by atoms with Gasteiger partial charge in [-0.25, -0.2) is 9.78 Å². The standard InChI is InChI=1S/C19H21BrN2O3S/c1-25-19(24)16-12-26-17(21-16)11-22(15-5-3-2-4-6-15)18(23)13-7-9-14(20)10-8-13/h7-10,12,15H,2-6,11H2,1H3. The molecule has 1 aliphatic carbocycles. The average Bonchev–Trinajstić information content (AvgIpc) is 3.15.